The van der Waals surface area contributed by atoms with E-state index in [0.717, 1.165) is 0 Å². The van der Waals surface area contributed by atoms with E-state index in [0.29, 0.717) is 17.8 Å². The Balaban J connectivity index is 1.98. The van der Waals surface area contributed by atoms with Crippen molar-refractivity contribution in [3.63, 3.8) is 0 Å². The van der Waals surface area contributed by atoms with E-state index < -0.39 is 0 Å². The van der Waals surface area contributed by atoms with Gasteiger partial charge >= 0.3 is 0 Å². The van der Waals surface area contributed by atoms with Crippen LogP contribution in [0, 0.1) is 0 Å². The molecule has 0 bridgehead atoms. The van der Waals surface area contributed by atoms with Crippen LogP contribution in [-0.2, 0) is 0 Å². The summed E-state index contributed by atoms with van der Waals surface area (Å²) in [5.41, 5.74) is 5.71. The smallest absolute Gasteiger partial charge is 0.130 e. The zero-order valence-electron chi connectivity index (χ0n) is 14.4. The van der Waals surface area contributed by atoms with Gasteiger partial charge in [-0.2, -0.15) is 0 Å². The zero-order valence-corrected chi connectivity index (χ0v) is 14.4. The summed E-state index contributed by atoms with van der Waals surface area (Å²) in [6.45, 7) is 13.7. The quantitative estimate of drug-likeness (QED) is 0.827. The molecule has 1 heterocycles. The molecule has 2 unspecified atom stereocenters. The van der Waals surface area contributed by atoms with Gasteiger partial charge in [-0.25, -0.2) is 0 Å². The Morgan fingerprint density at radius 3 is 2.36 bits per heavy atom. The summed E-state index contributed by atoms with van der Waals surface area (Å²) in [4.78, 5) is 5.28. The summed E-state index contributed by atoms with van der Waals surface area (Å²) < 4.78 is 0. The molecule has 1 aliphatic heterocycles. The normalized spacial score (nSPS) is 27.9. The third kappa shape index (κ3) is 1.70. The van der Waals surface area contributed by atoms with E-state index in [-0.39, 0.29) is 5.66 Å². The Morgan fingerprint density at radius 1 is 1.09 bits per heavy atom. The predicted octanol–water partition coefficient (Wildman–Crippen LogP) is 4.15. The minimum Gasteiger partial charge on any atom is -0.359 e. The number of nitrogens with zero attached hydrogens (tertiary/aromatic N) is 1. The third-order valence-electron chi connectivity index (χ3n) is 6.30. The summed E-state index contributed by atoms with van der Waals surface area (Å²) in [7, 11) is 0. The van der Waals surface area contributed by atoms with Crippen molar-refractivity contribution in [3.8, 4) is 0 Å². The first-order valence-electron chi connectivity index (χ1n) is 9.02. The van der Waals surface area contributed by atoms with Gasteiger partial charge in [0.05, 0.1) is 11.0 Å². The van der Waals surface area contributed by atoms with Crippen molar-refractivity contribution in [1.82, 2.24) is 0 Å². The topological polar surface area (TPSA) is 24.4 Å². The summed E-state index contributed by atoms with van der Waals surface area (Å²) in [5, 5.41) is 6.44. The van der Waals surface area contributed by atoms with Crippen molar-refractivity contribution in [2.75, 3.05) is 5.32 Å². The van der Waals surface area contributed by atoms with Gasteiger partial charge in [0.1, 0.15) is 5.66 Å². The highest BCUT2D eigenvalue weighted by Gasteiger charge is 2.42. The van der Waals surface area contributed by atoms with Gasteiger partial charge in [-0.3, -0.25) is 4.99 Å². The van der Waals surface area contributed by atoms with Crippen LogP contribution in [0.15, 0.2) is 4.99 Å². The maximum atomic E-state index is 5.28. The molecule has 0 aromatic heterocycles. The zero-order chi connectivity index (χ0) is 15.6. The molecule has 4 rings (SSSR count). The monoisotopic (exact) mass is 296 g/mol. The van der Waals surface area contributed by atoms with Crippen LogP contribution in [0.4, 0.5) is 5.69 Å². The third-order valence-corrected chi connectivity index (χ3v) is 6.30. The Morgan fingerprint density at radius 2 is 1.73 bits per heavy atom. The van der Waals surface area contributed by atoms with Gasteiger partial charge in [-0.05, 0) is 65.3 Å². The summed E-state index contributed by atoms with van der Waals surface area (Å²) in [5.74, 6) is 1.74. The van der Waals surface area contributed by atoms with Gasteiger partial charge in [-0.15, -0.1) is 0 Å². The number of rotatable bonds is 1. The minimum absolute atomic E-state index is 0.00959. The average molecular weight is 296 g/mol. The van der Waals surface area contributed by atoms with Gasteiger partial charge in [-0.1, -0.05) is 40.7 Å². The molecule has 118 valence electrons. The average Bonchev–Trinajstić information content (AvgIpc) is 2.82. The van der Waals surface area contributed by atoms with Crippen molar-refractivity contribution in [2.24, 2.45) is 4.99 Å². The molecule has 1 aromatic rings. The maximum absolute atomic E-state index is 5.28. The summed E-state index contributed by atoms with van der Waals surface area (Å²) in [6, 6.07) is 0. The fourth-order valence-electron chi connectivity index (χ4n) is 4.96. The molecule has 2 atom stereocenters. The van der Waals surface area contributed by atoms with Crippen LogP contribution >= 0.6 is 0 Å². The van der Waals surface area contributed by atoms with Crippen LogP contribution in [0.1, 0.15) is 94.2 Å². The SMILES string of the molecule is C=c1c(C(C)C)c2c(c3c1C(C)C3C)=NC1(CCCCC1)N2. The molecule has 2 heteroatoms. The lowest BCUT2D eigenvalue weighted by Gasteiger charge is -2.37. The highest BCUT2D eigenvalue weighted by Crippen LogP contribution is 2.46. The Bertz CT molecular complexity index is 738. The maximum Gasteiger partial charge on any atom is 0.130 e. The first-order valence-corrected chi connectivity index (χ1v) is 9.02. The molecule has 1 N–H and O–H groups in total. The molecule has 2 nitrogen and oxygen atoms in total. The Hall–Kier alpha value is -1.31. The van der Waals surface area contributed by atoms with E-state index in [9.17, 15) is 0 Å². The molecule has 0 amide bonds. The van der Waals surface area contributed by atoms with Crippen molar-refractivity contribution in [1.29, 1.82) is 0 Å². The second kappa shape index (κ2) is 4.59. The second-order valence-corrected chi connectivity index (χ2v) is 8.00. The summed E-state index contributed by atoms with van der Waals surface area (Å²) >= 11 is 0. The van der Waals surface area contributed by atoms with Gasteiger partial charge < -0.3 is 5.32 Å². The fraction of sp³-hybridized carbons (Fsp3) is 0.650. The number of hydrogen-bond acceptors (Lipinski definition) is 2. The number of nitrogens with one attached hydrogen (secondary N) is 1. The van der Waals surface area contributed by atoms with Crippen molar-refractivity contribution in [3.05, 3.63) is 27.3 Å². The summed E-state index contributed by atoms with van der Waals surface area (Å²) in [6.07, 6.45) is 6.33. The van der Waals surface area contributed by atoms with Crippen LogP contribution in [-0.4, -0.2) is 5.66 Å². The molecule has 22 heavy (non-hydrogen) atoms. The second-order valence-electron chi connectivity index (χ2n) is 8.00. The number of hydrogen-bond donors (Lipinski definition) is 1. The highest BCUT2D eigenvalue weighted by molar-refractivity contribution is 5.65. The number of fused-ring (bicyclic) bond motifs is 3. The molecule has 3 aliphatic rings. The molecule has 1 aromatic carbocycles. The molecule has 2 aliphatic carbocycles. The molecular formula is C20H28N2. The van der Waals surface area contributed by atoms with E-state index in [4.69, 9.17) is 4.99 Å². The van der Waals surface area contributed by atoms with Crippen molar-refractivity contribution < 1.29 is 0 Å². The van der Waals surface area contributed by atoms with E-state index >= 15 is 0 Å². The Labute approximate surface area is 133 Å². The van der Waals surface area contributed by atoms with Gasteiger partial charge in [0.25, 0.3) is 0 Å². The van der Waals surface area contributed by atoms with Crippen LogP contribution in [0.25, 0.3) is 6.58 Å². The molecule has 0 saturated heterocycles. The van der Waals surface area contributed by atoms with Crippen molar-refractivity contribution >= 4 is 12.3 Å². The highest BCUT2D eigenvalue weighted by atomic mass is 15.2. The lowest BCUT2D eigenvalue weighted by atomic mass is 9.67. The van der Waals surface area contributed by atoms with Crippen LogP contribution in [0.2, 0.25) is 0 Å². The molecular weight excluding hydrogens is 268 g/mol. The first kappa shape index (κ1) is 14.3. The van der Waals surface area contributed by atoms with E-state index in [1.165, 1.54) is 65.1 Å². The van der Waals surface area contributed by atoms with E-state index in [2.05, 4.69) is 39.6 Å². The lowest BCUT2D eigenvalue weighted by molar-refractivity contribution is 0.337. The van der Waals surface area contributed by atoms with Gasteiger partial charge in [0, 0.05) is 0 Å². The standard InChI is InChI=1S/C20H28N2/c1-11(2)15-14(5)16-12(3)13(4)17(16)19-18(15)21-20(22-19)9-7-6-8-10-20/h11-13,21H,5-10H2,1-4H3. The fourth-order valence-corrected chi connectivity index (χ4v) is 4.96. The van der Waals surface area contributed by atoms with Crippen LogP contribution in [0.5, 0.6) is 0 Å². The predicted molar refractivity (Wildman–Crippen MR) is 93.1 cm³/mol. The molecule has 1 fully saturated rings. The van der Waals surface area contributed by atoms with E-state index in [1.54, 1.807) is 0 Å². The van der Waals surface area contributed by atoms with Gasteiger partial charge in [0.15, 0.2) is 0 Å². The first-order chi connectivity index (χ1) is 10.5. The van der Waals surface area contributed by atoms with Crippen LogP contribution in [0.3, 0.4) is 0 Å². The van der Waals surface area contributed by atoms with E-state index in [1.807, 2.05) is 0 Å². The molecule has 0 radical (unpaired) electrons. The lowest BCUT2D eigenvalue weighted by Crippen LogP contribution is -2.38. The largest absolute Gasteiger partial charge is 0.359 e. The minimum atomic E-state index is -0.00959. The number of benzene rings is 1. The number of anilines is 1. The Kier molecular flexibility index (Phi) is 2.99. The van der Waals surface area contributed by atoms with Crippen LogP contribution < -0.4 is 15.9 Å². The van der Waals surface area contributed by atoms with Gasteiger partial charge in [0.2, 0.25) is 0 Å². The van der Waals surface area contributed by atoms with Crippen molar-refractivity contribution in [2.45, 2.75) is 83.2 Å². The molecule has 1 saturated carbocycles. The molecule has 1 spiro atoms.